The van der Waals surface area contributed by atoms with Crippen LogP contribution in [0.2, 0.25) is 0 Å². The van der Waals surface area contributed by atoms with Crippen LogP contribution in [0.4, 0.5) is 18.9 Å². The molecule has 0 radical (unpaired) electrons. The van der Waals surface area contributed by atoms with E-state index in [1.165, 1.54) is 7.11 Å². The van der Waals surface area contributed by atoms with Crippen LogP contribution in [-0.4, -0.2) is 38.4 Å². The highest BCUT2D eigenvalue weighted by Crippen LogP contribution is 2.37. The lowest BCUT2D eigenvalue weighted by atomic mass is 9.90. The monoisotopic (exact) mass is 368 g/mol. The maximum absolute atomic E-state index is 14.6. The van der Waals surface area contributed by atoms with Crippen molar-refractivity contribution in [3.8, 4) is 11.3 Å². The van der Waals surface area contributed by atoms with E-state index in [0.29, 0.717) is 0 Å². The highest BCUT2D eigenvalue weighted by Gasteiger charge is 2.42. The number of hydrogen-bond donors (Lipinski definition) is 1. The van der Waals surface area contributed by atoms with Gasteiger partial charge >= 0.3 is 5.97 Å². The fourth-order valence-electron chi connectivity index (χ4n) is 2.69. The number of anilines is 1. The molecule has 2 heterocycles. The summed E-state index contributed by atoms with van der Waals surface area (Å²) in [6.45, 7) is 0.283. The zero-order chi connectivity index (χ0) is 19.1. The fourth-order valence-corrected chi connectivity index (χ4v) is 2.69. The molecular formula is C17H15F3N2O4. The number of hydrogen-bond acceptors (Lipinski definition) is 6. The Morgan fingerprint density at radius 3 is 2.23 bits per heavy atom. The topological polar surface area (TPSA) is 83.7 Å². The Morgan fingerprint density at radius 2 is 1.77 bits per heavy atom. The maximum Gasteiger partial charge on any atom is 0.358 e. The van der Waals surface area contributed by atoms with Gasteiger partial charge in [-0.25, -0.2) is 22.9 Å². The van der Waals surface area contributed by atoms with E-state index in [4.69, 9.17) is 15.2 Å². The standard InChI is InChI=1S/C17H15F3N2O4/c1-24-16(23)15-12(21)5-11(20)14(22-15)13-9(18)3-8(4-10(13)19)17(25-2)6-26-7-17/h3-5H,6-7,21H2,1-2H3. The SMILES string of the molecule is COC(=O)c1nc(-c2c(F)cc(C3(OC)COC3)cc2F)c(F)cc1N. The number of methoxy groups -OCH3 is 2. The van der Waals surface area contributed by atoms with Crippen LogP contribution in [0.3, 0.4) is 0 Å². The lowest BCUT2D eigenvalue weighted by molar-refractivity contribution is -0.202. The average molecular weight is 368 g/mol. The zero-order valence-corrected chi connectivity index (χ0v) is 13.9. The van der Waals surface area contributed by atoms with Gasteiger partial charge in [0.1, 0.15) is 22.9 Å². The molecule has 0 unspecified atom stereocenters. The smallest absolute Gasteiger partial charge is 0.358 e. The Morgan fingerprint density at radius 1 is 1.15 bits per heavy atom. The van der Waals surface area contributed by atoms with Crippen molar-refractivity contribution in [1.29, 1.82) is 0 Å². The molecule has 1 saturated heterocycles. The number of nitrogens with zero attached hydrogens (tertiary/aromatic N) is 1. The number of benzene rings is 1. The second kappa shape index (κ2) is 6.58. The number of nitrogens with two attached hydrogens (primary N) is 1. The Hall–Kier alpha value is -2.65. The minimum absolute atomic E-state index is 0.142. The summed E-state index contributed by atoms with van der Waals surface area (Å²) < 4.78 is 58.3. The molecule has 1 aromatic carbocycles. The lowest BCUT2D eigenvalue weighted by Gasteiger charge is -2.40. The Balaban J connectivity index is 2.15. The molecule has 0 spiro atoms. The van der Waals surface area contributed by atoms with Crippen molar-refractivity contribution in [2.24, 2.45) is 0 Å². The number of carbonyl (C=O) groups excluding carboxylic acids is 1. The summed E-state index contributed by atoms with van der Waals surface area (Å²) in [7, 11) is 2.48. The van der Waals surface area contributed by atoms with Crippen LogP contribution in [0.1, 0.15) is 16.1 Å². The molecule has 9 heteroatoms. The van der Waals surface area contributed by atoms with E-state index in [-0.39, 0.29) is 24.5 Å². The molecule has 0 bridgehead atoms. The molecule has 0 aliphatic carbocycles. The van der Waals surface area contributed by atoms with E-state index >= 15 is 0 Å². The average Bonchev–Trinajstić information content (AvgIpc) is 2.55. The third-order valence-electron chi connectivity index (χ3n) is 4.25. The second-order valence-electron chi connectivity index (χ2n) is 5.75. The van der Waals surface area contributed by atoms with E-state index in [1.54, 1.807) is 0 Å². The van der Waals surface area contributed by atoms with E-state index < -0.39 is 46.0 Å². The molecular weight excluding hydrogens is 353 g/mol. The first-order valence-corrected chi connectivity index (χ1v) is 7.50. The normalized spacial score (nSPS) is 15.4. The van der Waals surface area contributed by atoms with Gasteiger partial charge in [0.25, 0.3) is 0 Å². The van der Waals surface area contributed by atoms with Gasteiger partial charge in [0.05, 0.1) is 31.6 Å². The van der Waals surface area contributed by atoms with Crippen molar-refractivity contribution < 1.29 is 32.2 Å². The third kappa shape index (κ3) is 2.78. The Bertz CT molecular complexity index is 856. The van der Waals surface area contributed by atoms with Crippen molar-refractivity contribution in [3.63, 3.8) is 0 Å². The molecule has 0 amide bonds. The second-order valence-corrected chi connectivity index (χ2v) is 5.75. The van der Waals surface area contributed by atoms with Crippen molar-refractivity contribution in [3.05, 3.63) is 46.9 Å². The number of ether oxygens (including phenoxy) is 3. The number of carbonyl (C=O) groups is 1. The summed E-state index contributed by atoms with van der Waals surface area (Å²) in [5.74, 6) is -4.15. The molecule has 1 fully saturated rings. The molecule has 3 rings (SSSR count). The van der Waals surface area contributed by atoms with Gasteiger partial charge in [-0.3, -0.25) is 0 Å². The predicted octanol–water partition coefficient (Wildman–Crippen LogP) is 2.41. The van der Waals surface area contributed by atoms with Crippen LogP contribution in [-0.2, 0) is 19.8 Å². The molecule has 1 aromatic heterocycles. The molecule has 2 aromatic rings. The molecule has 0 atom stereocenters. The largest absolute Gasteiger partial charge is 0.464 e. The van der Waals surface area contributed by atoms with Gasteiger partial charge in [0.15, 0.2) is 11.5 Å². The number of halogens is 3. The summed E-state index contributed by atoms with van der Waals surface area (Å²) in [4.78, 5) is 15.3. The number of esters is 1. The lowest BCUT2D eigenvalue weighted by Crippen LogP contribution is -2.48. The van der Waals surface area contributed by atoms with Crippen molar-refractivity contribution in [2.45, 2.75) is 5.60 Å². The molecule has 26 heavy (non-hydrogen) atoms. The van der Waals surface area contributed by atoms with Crippen LogP contribution >= 0.6 is 0 Å². The quantitative estimate of drug-likeness (QED) is 0.835. The maximum atomic E-state index is 14.6. The number of pyridine rings is 1. The zero-order valence-electron chi connectivity index (χ0n) is 13.9. The third-order valence-corrected chi connectivity index (χ3v) is 4.25. The van der Waals surface area contributed by atoms with Crippen molar-refractivity contribution in [1.82, 2.24) is 4.98 Å². The first-order valence-electron chi connectivity index (χ1n) is 7.50. The van der Waals surface area contributed by atoms with E-state index in [1.807, 2.05) is 0 Å². The molecule has 1 aliphatic rings. The van der Waals surface area contributed by atoms with Gasteiger partial charge in [-0.1, -0.05) is 0 Å². The van der Waals surface area contributed by atoms with E-state index in [2.05, 4.69) is 9.72 Å². The van der Waals surface area contributed by atoms with Crippen LogP contribution in [0, 0.1) is 17.5 Å². The van der Waals surface area contributed by atoms with Crippen LogP contribution in [0.15, 0.2) is 18.2 Å². The van der Waals surface area contributed by atoms with Crippen molar-refractivity contribution in [2.75, 3.05) is 33.2 Å². The number of nitrogen functional groups attached to an aromatic ring is 1. The number of rotatable bonds is 4. The predicted molar refractivity (Wildman–Crippen MR) is 84.8 cm³/mol. The van der Waals surface area contributed by atoms with Crippen LogP contribution in [0.25, 0.3) is 11.3 Å². The summed E-state index contributed by atoms with van der Waals surface area (Å²) in [5, 5.41) is 0. The summed E-state index contributed by atoms with van der Waals surface area (Å²) in [6.07, 6.45) is 0. The summed E-state index contributed by atoms with van der Waals surface area (Å²) >= 11 is 0. The Labute approximate surface area is 146 Å². The molecule has 0 saturated carbocycles. The number of aromatic nitrogens is 1. The molecule has 6 nitrogen and oxygen atoms in total. The highest BCUT2D eigenvalue weighted by atomic mass is 19.1. The first-order chi connectivity index (χ1) is 12.3. The molecule has 2 N–H and O–H groups in total. The summed E-state index contributed by atoms with van der Waals surface area (Å²) in [5.41, 5.74) is 2.64. The van der Waals surface area contributed by atoms with E-state index in [9.17, 15) is 18.0 Å². The fraction of sp³-hybridized carbons (Fsp3) is 0.294. The summed E-state index contributed by atoms with van der Waals surface area (Å²) in [6, 6.07) is 2.82. The Kier molecular flexibility index (Phi) is 4.59. The van der Waals surface area contributed by atoms with E-state index in [0.717, 1.165) is 25.3 Å². The van der Waals surface area contributed by atoms with Gasteiger partial charge in [-0.05, 0) is 17.7 Å². The van der Waals surface area contributed by atoms with Gasteiger partial charge in [-0.2, -0.15) is 0 Å². The van der Waals surface area contributed by atoms with Gasteiger partial charge < -0.3 is 19.9 Å². The van der Waals surface area contributed by atoms with Gasteiger partial charge in [0, 0.05) is 13.2 Å². The molecule has 1 aliphatic heterocycles. The van der Waals surface area contributed by atoms with Gasteiger partial charge in [0.2, 0.25) is 0 Å². The highest BCUT2D eigenvalue weighted by molar-refractivity contribution is 5.93. The van der Waals surface area contributed by atoms with Gasteiger partial charge in [-0.15, -0.1) is 0 Å². The van der Waals surface area contributed by atoms with Crippen molar-refractivity contribution >= 4 is 11.7 Å². The van der Waals surface area contributed by atoms with Crippen LogP contribution < -0.4 is 5.73 Å². The van der Waals surface area contributed by atoms with Crippen LogP contribution in [0.5, 0.6) is 0 Å². The minimum Gasteiger partial charge on any atom is -0.464 e. The first kappa shape index (κ1) is 18.2. The molecule has 138 valence electrons. The minimum atomic E-state index is -1.07.